The smallest absolute Gasteiger partial charge is 0.0346 e. The molecule has 1 nitrogen and oxygen atoms in total. The van der Waals surface area contributed by atoms with Gasteiger partial charge in [-0.25, -0.2) is 0 Å². The Morgan fingerprint density at radius 3 is 1.59 bits per heavy atom. The average Bonchev–Trinajstić information content (AvgIpc) is 2.89. The number of nitrogens with zero attached hydrogens (tertiary/aromatic N) is 1. The second-order valence-corrected chi connectivity index (χ2v) is 12.1. The Hall–Kier alpha value is -2.86. The molecule has 6 rings (SSSR count). The Balaban J connectivity index is 1.87. The molecule has 0 amide bonds. The van der Waals surface area contributed by atoms with Crippen molar-refractivity contribution in [2.24, 2.45) is 0 Å². The van der Waals surface area contributed by atoms with Crippen LogP contribution in [0.1, 0.15) is 24.8 Å². The highest BCUT2D eigenvalue weighted by molar-refractivity contribution is 7.96. The number of likely N-dealkylation sites (tertiary alicyclic amines) is 1. The molecule has 2 aliphatic rings. The molecule has 4 aromatic rings. The largest absolute Gasteiger partial charge is 0.274 e. The van der Waals surface area contributed by atoms with Crippen molar-refractivity contribution in [3.8, 4) is 11.1 Å². The van der Waals surface area contributed by atoms with Crippen LogP contribution in [0.25, 0.3) is 11.1 Å². The van der Waals surface area contributed by atoms with E-state index in [-0.39, 0.29) is 0 Å². The van der Waals surface area contributed by atoms with Crippen LogP contribution < -0.4 is 15.9 Å². The number of fused-ring (bicyclic) bond motifs is 3. The van der Waals surface area contributed by atoms with Crippen molar-refractivity contribution in [2.45, 2.75) is 19.3 Å². The van der Waals surface area contributed by atoms with Crippen LogP contribution in [-0.4, -0.2) is 23.4 Å². The Morgan fingerprint density at radius 2 is 0.969 bits per heavy atom. The van der Waals surface area contributed by atoms with Gasteiger partial charge in [-0.15, -0.1) is 0 Å². The lowest BCUT2D eigenvalue weighted by Gasteiger charge is -2.43. The molecule has 0 atom stereocenters. The molecule has 1 saturated heterocycles. The van der Waals surface area contributed by atoms with Gasteiger partial charge < -0.3 is 0 Å². The minimum Gasteiger partial charge on any atom is -0.274 e. The topological polar surface area (TPSA) is 3.24 Å². The van der Waals surface area contributed by atoms with E-state index in [1.165, 1.54) is 51.9 Å². The van der Waals surface area contributed by atoms with Crippen LogP contribution in [-0.2, 0) is 0 Å². The fraction of sp³-hybridized carbons (Fsp3) is 0.167. The van der Waals surface area contributed by atoms with Gasteiger partial charge in [0.05, 0.1) is 0 Å². The van der Waals surface area contributed by atoms with Crippen molar-refractivity contribution in [3.63, 3.8) is 0 Å². The lowest BCUT2D eigenvalue weighted by atomic mass is 9.98. The van der Waals surface area contributed by atoms with Crippen molar-refractivity contribution in [1.29, 1.82) is 0 Å². The van der Waals surface area contributed by atoms with E-state index >= 15 is 0 Å². The molecule has 2 heterocycles. The van der Waals surface area contributed by atoms with Crippen molar-refractivity contribution >= 4 is 28.2 Å². The Kier molecular flexibility index (Phi) is 5.10. The van der Waals surface area contributed by atoms with Crippen LogP contribution in [0.3, 0.4) is 0 Å². The van der Waals surface area contributed by atoms with Gasteiger partial charge in [-0.05, 0) is 46.8 Å². The van der Waals surface area contributed by atoms with Crippen LogP contribution in [0.15, 0.2) is 109 Å². The molecule has 2 heteroatoms. The van der Waals surface area contributed by atoms with Crippen LogP contribution in [0.4, 0.5) is 0 Å². The molecule has 0 aromatic heterocycles. The standard InChI is InChI=1S/C30H28NP/c1-4-14-24(15-5-1)32(25-16-6-2-7-17-25)29-21-11-10-19-27(29)26-18-8-9-20-28(26)30(32)31-22-12-3-13-23-31/h1-2,4-11,14-21H,3,12-13,22-23H2. The Bertz CT molecular complexity index is 1260. The lowest BCUT2D eigenvalue weighted by Crippen LogP contribution is -2.44. The summed E-state index contributed by atoms with van der Waals surface area (Å²) >= 11 is 0. The van der Waals surface area contributed by atoms with Gasteiger partial charge in [0.2, 0.25) is 0 Å². The maximum Gasteiger partial charge on any atom is 0.0346 e. The van der Waals surface area contributed by atoms with Crippen LogP contribution in [0, 0.1) is 0 Å². The third-order valence-corrected chi connectivity index (χ3v) is 11.4. The molecule has 0 spiro atoms. The van der Waals surface area contributed by atoms with E-state index in [0.29, 0.717) is 0 Å². The highest BCUT2D eigenvalue weighted by Crippen LogP contribution is 2.54. The summed E-state index contributed by atoms with van der Waals surface area (Å²) in [6, 6.07) is 40.9. The summed E-state index contributed by atoms with van der Waals surface area (Å²) in [4.78, 5) is 2.74. The van der Waals surface area contributed by atoms with Gasteiger partial charge in [0, 0.05) is 24.1 Å². The first-order chi connectivity index (χ1) is 15.9. The zero-order valence-corrected chi connectivity index (χ0v) is 19.2. The highest BCUT2D eigenvalue weighted by Gasteiger charge is 2.39. The zero-order valence-electron chi connectivity index (χ0n) is 18.3. The quantitative estimate of drug-likeness (QED) is 0.379. The van der Waals surface area contributed by atoms with Crippen LogP contribution >= 0.6 is 6.89 Å². The molecule has 32 heavy (non-hydrogen) atoms. The molecule has 0 unspecified atom stereocenters. The summed E-state index contributed by atoms with van der Waals surface area (Å²) in [5.74, 6) is 0. The van der Waals surface area contributed by atoms with Crippen LogP contribution in [0.2, 0.25) is 0 Å². The first-order valence-electron chi connectivity index (χ1n) is 11.7. The SMILES string of the molecule is c1ccc(P2(c3ccccc3)=C(N3CCCCC3)c3ccccc3-c3ccccc32)cc1. The number of piperidine rings is 1. The van der Waals surface area contributed by atoms with Gasteiger partial charge in [-0.3, -0.25) is 4.90 Å². The normalized spacial score (nSPS) is 17.4. The van der Waals surface area contributed by atoms with Crippen molar-refractivity contribution in [3.05, 3.63) is 115 Å². The summed E-state index contributed by atoms with van der Waals surface area (Å²) < 4.78 is 0. The molecule has 1 fully saturated rings. The highest BCUT2D eigenvalue weighted by atomic mass is 31.2. The minimum absolute atomic E-state index is 1.15. The monoisotopic (exact) mass is 433 g/mol. The van der Waals surface area contributed by atoms with Gasteiger partial charge in [0.15, 0.2) is 0 Å². The predicted octanol–water partition coefficient (Wildman–Crippen LogP) is 5.63. The van der Waals surface area contributed by atoms with Crippen molar-refractivity contribution in [1.82, 2.24) is 4.90 Å². The molecule has 0 bridgehead atoms. The van der Waals surface area contributed by atoms with Crippen LogP contribution in [0.5, 0.6) is 0 Å². The summed E-state index contributed by atoms with van der Waals surface area (Å²) in [7, 11) is 0. The maximum atomic E-state index is 2.74. The van der Waals surface area contributed by atoms with Gasteiger partial charge in [0.25, 0.3) is 0 Å². The lowest BCUT2D eigenvalue weighted by molar-refractivity contribution is 0.347. The van der Waals surface area contributed by atoms with E-state index in [9.17, 15) is 0 Å². The Labute approximate surface area is 191 Å². The number of hydrogen-bond donors (Lipinski definition) is 0. The number of hydrogen-bond acceptors (Lipinski definition) is 1. The number of rotatable bonds is 3. The first kappa shape index (κ1) is 19.8. The molecule has 4 aromatic carbocycles. The minimum atomic E-state index is -2.05. The van der Waals surface area contributed by atoms with E-state index in [4.69, 9.17) is 0 Å². The number of benzene rings is 4. The maximum absolute atomic E-state index is 2.74. The van der Waals surface area contributed by atoms with Crippen molar-refractivity contribution < 1.29 is 0 Å². The molecule has 0 aliphatic carbocycles. The van der Waals surface area contributed by atoms with E-state index < -0.39 is 6.89 Å². The predicted molar refractivity (Wildman–Crippen MR) is 140 cm³/mol. The van der Waals surface area contributed by atoms with E-state index in [2.05, 4.69) is 114 Å². The molecular weight excluding hydrogens is 405 g/mol. The van der Waals surface area contributed by atoms with Gasteiger partial charge in [-0.2, -0.15) is 0 Å². The van der Waals surface area contributed by atoms with Gasteiger partial charge in [0.1, 0.15) is 0 Å². The summed E-state index contributed by atoms with van der Waals surface area (Å²) in [6.07, 6.45) is 3.89. The van der Waals surface area contributed by atoms with Gasteiger partial charge >= 0.3 is 0 Å². The molecular formula is C30H28NP. The van der Waals surface area contributed by atoms with Gasteiger partial charge in [-0.1, -0.05) is 116 Å². The average molecular weight is 434 g/mol. The Morgan fingerprint density at radius 1 is 0.469 bits per heavy atom. The van der Waals surface area contributed by atoms with E-state index in [0.717, 1.165) is 13.1 Å². The fourth-order valence-corrected chi connectivity index (χ4v) is 10.5. The summed E-state index contributed by atoms with van der Waals surface area (Å²) in [6.45, 7) is 0.239. The second-order valence-electron chi connectivity index (χ2n) is 8.78. The second kappa shape index (κ2) is 8.24. The third-order valence-electron chi connectivity index (χ3n) is 6.98. The molecule has 158 valence electrons. The van der Waals surface area contributed by atoms with E-state index in [1.54, 1.807) is 5.42 Å². The molecule has 0 N–H and O–H groups in total. The van der Waals surface area contributed by atoms with Crippen molar-refractivity contribution in [2.75, 3.05) is 13.1 Å². The summed E-state index contributed by atoms with van der Waals surface area (Å²) in [5, 5.41) is 4.40. The fourth-order valence-electron chi connectivity index (χ4n) is 5.66. The molecule has 2 aliphatic heterocycles. The molecule has 0 saturated carbocycles. The molecule has 0 radical (unpaired) electrons. The summed E-state index contributed by atoms with van der Waals surface area (Å²) in [5.41, 5.74) is 5.76. The first-order valence-corrected chi connectivity index (χ1v) is 13.5. The third kappa shape index (κ3) is 2.96. The zero-order chi connectivity index (χ0) is 21.4. The van der Waals surface area contributed by atoms with E-state index in [1.807, 2.05) is 0 Å².